The van der Waals surface area contributed by atoms with E-state index in [0.717, 1.165) is 0 Å². The molecule has 4 rings (SSSR count). The highest BCUT2D eigenvalue weighted by molar-refractivity contribution is 6.92. The van der Waals surface area contributed by atoms with Crippen LogP contribution in [-0.4, -0.2) is 8.07 Å². The summed E-state index contributed by atoms with van der Waals surface area (Å²) >= 11 is 0. The van der Waals surface area contributed by atoms with Crippen LogP contribution in [0.5, 0.6) is 0 Å². The molecular weight excluding hydrogens is 316 g/mol. The van der Waals surface area contributed by atoms with Crippen molar-refractivity contribution in [2.75, 3.05) is 0 Å². The first-order chi connectivity index (χ1) is 12.3. The Morgan fingerprint density at radius 2 is 1.24 bits per heavy atom. The highest BCUT2D eigenvalue weighted by Gasteiger charge is 2.44. The molecule has 3 aromatic rings. The Kier molecular flexibility index (Phi) is 4.35. The van der Waals surface area contributed by atoms with Crippen LogP contribution in [0.25, 0.3) is 11.1 Å². The Labute approximate surface area is 152 Å². The first-order valence-corrected chi connectivity index (χ1v) is 12.3. The van der Waals surface area contributed by atoms with Gasteiger partial charge in [0.15, 0.2) is 0 Å². The third-order valence-electron chi connectivity index (χ3n) is 5.95. The predicted octanol–water partition coefficient (Wildman–Crippen LogP) is 6.12. The molecule has 126 valence electrons. The van der Waals surface area contributed by atoms with E-state index < -0.39 is 8.07 Å². The molecule has 1 aliphatic rings. The van der Waals surface area contributed by atoms with Crippen molar-refractivity contribution >= 4 is 13.3 Å². The molecule has 0 nitrogen and oxygen atoms in total. The summed E-state index contributed by atoms with van der Waals surface area (Å²) in [7, 11) is -1.72. The third-order valence-corrected chi connectivity index (χ3v) is 10.9. The molecule has 0 spiro atoms. The van der Waals surface area contributed by atoms with Gasteiger partial charge in [-0.05, 0) is 22.3 Å². The fourth-order valence-electron chi connectivity index (χ4n) is 4.66. The van der Waals surface area contributed by atoms with E-state index in [4.69, 9.17) is 0 Å². The quantitative estimate of drug-likeness (QED) is 0.490. The van der Waals surface area contributed by atoms with Gasteiger partial charge in [-0.1, -0.05) is 116 Å². The normalized spacial score (nSPS) is 15.4. The van der Waals surface area contributed by atoms with Gasteiger partial charge in [-0.15, -0.1) is 0 Å². The van der Waals surface area contributed by atoms with Crippen molar-refractivity contribution in [3.63, 3.8) is 0 Å². The highest BCUT2D eigenvalue weighted by atomic mass is 28.3. The molecule has 0 heterocycles. The lowest BCUT2D eigenvalue weighted by Gasteiger charge is -2.36. The Morgan fingerprint density at radius 3 is 1.80 bits per heavy atom. The van der Waals surface area contributed by atoms with Crippen molar-refractivity contribution < 1.29 is 0 Å². The Balaban J connectivity index is 1.93. The molecule has 0 saturated carbocycles. The van der Waals surface area contributed by atoms with Gasteiger partial charge in [0.1, 0.15) is 0 Å². The average molecular weight is 343 g/mol. The Hall–Kier alpha value is -2.12. The number of rotatable bonds is 5. The van der Waals surface area contributed by atoms with Crippen LogP contribution >= 0.6 is 0 Å². The first-order valence-electron chi connectivity index (χ1n) is 9.49. The van der Waals surface area contributed by atoms with Gasteiger partial charge in [0.25, 0.3) is 0 Å². The zero-order chi connectivity index (χ0) is 17.3. The van der Waals surface area contributed by atoms with Gasteiger partial charge in [-0.25, -0.2) is 0 Å². The first kappa shape index (κ1) is 16.4. The maximum absolute atomic E-state index is 2.61. The summed E-state index contributed by atoms with van der Waals surface area (Å²) in [6.45, 7) is 4.93. The van der Waals surface area contributed by atoms with E-state index in [1.165, 1.54) is 30.0 Å². The topological polar surface area (TPSA) is 0 Å². The van der Waals surface area contributed by atoms with Gasteiger partial charge < -0.3 is 0 Å². The van der Waals surface area contributed by atoms with E-state index in [1.54, 1.807) is 16.3 Å². The Bertz CT molecular complexity index is 823. The van der Waals surface area contributed by atoms with Gasteiger partial charge in [-0.3, -0.25) is 0 Å². The molecule has 0 fully saturated rings. The van der Waals surface area contributed by atoms with E-state index >= 15 is 0 Å². The van der Waals surface area contributed by atoms with E-state index in [2.05, 4.69) is 92.3 Å². The SMILES string of the molecule is CCCC[Si](C)(c1ccccc1)C1c2ccccc2-c2ccccc21. The monoisotopic (exact) mass is 342 g/mol. The Morgan fingerprint density at radius 1 is 0.720 bits per heavy atom. The van der Waals surface area contributed by atoms with Gasteiger partial charge in [0.2, 0.25) is 0 Å². The minimum Gasteiger partial charge on any atom is -0.0654 e. The molecule has 0 bridgehead atoms. The largest absolute Gasteiger partial charge is 0.0957 e. The number of benzene rings is 3. The van der Waals surface area contributed by atoms with Crippen LogP contribution in [0.1, 0.15) is 36.4 Å². The summed E-state index contributed by atoms with van der Waals surface area (Å²) in [4.78, 5) is 0. The second-order valence-corrected chi connectivity index (χ2v) is 12.0. The summed E-state index contributed by atoms with van der Waals surface area (Å²) in [5.41, 5.74) is 6.58. The minimum atomic E-state index is -1.72. The van der Waals surface area contributed by atoms with Crippen LogP contribution in [0, 0.1) is 0 Å². The van der Waals surface area contributed by atoms with Crippen molar-refractivity contribution in [3.8, 4) is 11.1 Å². The molecule has 1 heteroatoms. The zero-order valence-electron chi connectivity index (χ0n) is 15.2. The standard InChI is InChI=1S/C24H26Si/c1-3-4-18-25(2,19-12-6-5-7-13-19)24-22-16-10-8-14-20(22)21-15-9-11-17-23(21)24/h5-17,24H,3-4,18H2,1-2H3. The van der Waals surface area contributed by atoms with Crippen molar-refractivity contribution in [2.24, 2.45) is 0 Å². The maximum atomic E-state index is 2.61. The second kappa shape index (κ2) is 6.65. The van der Waals surface area contributed by atoms with Gasteiger partial charge >= 0.3 is 0 Å². The summed E-state index contributed by atoms with van der Waals surface area (Å²) in [6, 6.07) is 30.9. The summed E-state index contributed by atoms with van der Waals surface area (Å²) in [5, 5.41) is 1.60. The van der Waals surface area contributed by atoms with Crippen molar-refractivity contribution in [1.82, 2.24) is 0 Å². The number of fused-ring (bicyclic) bond motifs is 3. The van der Waals surface area contributed by atoms with E-state index in [9.17, 15) is 0 Å². The fourth-order valence-corrected chi connectivity index (χ4v) is 9.49. The number of unbranched alkanes of at least 4 members (excludes halogenated alkanes) is 1. The lowest BCUT2D eigenvalue weighted by molar-refractivity contribution is 0.858. The second-order valence-electron chi connectivity index (χ2n) is 7.49. The summed E-state index contributed by atoms with van der Waals surface area (Å²) in [6.07, 6.45) is 2.59. The lowest BCUT2D eigenvalue weighted by atomic mass is 10.1. The highest BCUT2D eigenvalue weighted by Crippen LogP contribution is 2.49. The van der Waals surface area contributed by atoms with Gasteiger partial charge in [0.05, 0.1) is 8.07 Å². The predicted molar refractivity (Wildman–Crippen MR) is 111 cm³/mol. The molecule has 3 aromatic carbocycles. The fraction of sp³-hybridized carbons (Fsp3) is 0.250. The van der Waals surface area contributed by atoms with E-state index in [0.29, 0.717) is 5.54 Å². The van der Waals surface area contributed by atoms with Crippen molar-refractivity contribution in [3.05, 3.63) is 90.0 Å². The average Bonchev–Trinajstić information content (AvgIpc) is 3.02. The number of hydrogen-bond donors (Lipinski definition) is 0. The smallest absolute Gasteiger partial charge is 0.0654 e. The lowest BCUT2D eigenvalue weighted by Crippen LogP contribution is -2.50. The molecule has 1 atom stereocenters. The van der Waals surface area contributed by atoms with Gasteiger partial charge in [-0.2, -0.15) is 0 Å². The molecular formula is C24H26Si. The van der Waals surface area contributed by atoms with Crippen LogP contribution in [-0.2, 0) is 0 Å². The van der Waals surface area contributed by atoms with Crippen LogP contribution in [0.4, 0.5) is 0 Å². The van der Waals surface area contributed by atoms with Crippen LogP contribution < -0.4 is 5.19 Å². The van der Waals surface area contributed by atoms with Crippen molar-refractivity contribution in [2.45, 2.75) is 37.9 Å². The molecule has 0 aromatic heterocycles. The summed E-state index contributed by atoms with van der Waals surface area (Å²) < 4.78 is 0. The van der Waals surface area contributed by atoms with E-state index in [1.807, 2.05) is 0 Å². The molecule has 0 radical (unpaired) electrons. The van der Waals surface area contributed by atoms with Crippen LogP contribution in [0.2, 0.25) is 12.6 Å². The van der Waals surface area contributed by atoms with E-state index in [-0.39, 0.29) is 0 Å². The molecule has 0 N–H and O–H groups in total. The van der Waals surface area contributed by atoms with Crippen LogP contribution in [0.3, 0.4) is 0 Å². The van der Waals surface area contributed by atoms with Crippen LogP contribution in [0.15, 0.2) is 78.9 Å². The van der Waals surface area contributed by atoms with Crippen molar-refractivity contribution in [1.29, 1.82) is 0 Å². The molecule has 1 unspecified atom stereocenters. The minimum absolute atomic E-state index is 0.564. The number of hydrogen-bond acceptors (Lipinski definition) is 0. The molecule has 0 amide bonds. The van der Waals surface area contributed by atoms with Gasteiger partial charge in [0, 0.05) is 5.54 Å². The maximum Gasteiger partial charge on any atom is 0.0957 e. The molecule has 1 aliphatic carbocycles. The molecule has 25 heavy (non-hydrogen) atoms. The molecule has 0 aliphatic heterocycles. The zero-order valence-corrected chi connectivity index (χ0v) is 16.2. The molecule has 0 saturated heterocycles. The summed E-state index contributed by atoms with van der Waals surface area (Å²) in [5.74, 6) is 0. The third kappa shape index (κ3) is 2.67.